The van der Waals surface area contributed by atoms with Gasteiger partial charge >= 0.3 is 0 Å². The second-order valence-corrected chi connectivity index (χ2v) is 7.69. The molecular weight excluding hydrogens is 364 g/mol. The number of likely N-dealkylation sites (tertiary alicyclic amines) is 1. The molecule has 1 aliphatic carbocycles. The predicted molar refractivity (Wildman–Crippen MR) is 104 cm³/mol. The number of hydrogen-bond donors (Lipinski definition) is 2. The summed E-state index contributed by atoms with van der Waals surface area (Å²) >= 11 is 1.36. The lowest BCUT2D eigenvalue weighted by molar-refractivity contribution is -0.125. The lowest BCUT2D eigenvalue weighted by atomic mass is 10.2. The first kappa shape index (κ1) is 17.8. The van der Waals surface area contributed by atoms with Crippen LogP contribution in [-0.2, 0) is 4.79 Å². The van der Waals surface area contributed by atoms with Crippen molar-refractivity contribution in [1.82, 2.24) is 15.2 Å². The Morgan fingerprint density at radius 1 is 1.30 bits per heavy atom. The SMILES string of the molecule is COc1cccc(Nc2nc(C(=O)N3CCCC3C(=O)NC3CC3)cs2)c1. The molecule has 2 N–H and O–H groups in total. The minimum absolute atomic E-state index is 0.0340. The summed E-state index contributed by atoms with van der Waals surface area (Å²) in [6.07, 6.45) is 3.63. The Labute approximate surface area is 161 Å². The van der Waals surface area contributed by atoms with Gasteiger partial charge in [0.05, 0.1) is 7.11 Å². The molecule has 2 amide bonds. The molecule has 2 aliphatic rings. The molecule has 1 unspecified atom stereocenters. The number of benzene rings is 1. The predicted octanol–water partition coefficient (Wildman–Crippen LogP) is 2.78. The molecule has 142 valence electrons. The molecule has 1 saturated heterocycles. The Balaban J connectivity index is 1.43. The molecule has 2 heterocycles. The zero-order valence-corrected chi connectivity index (χ0v) is 15.9. The van der Waals surface area contributed by atoms with E-state index >= 15 is 0 Å². The van der Waals surface area contributed by atoms with Crippen molar-refractivity contribution in [1.29, 1.82) is 0 Å². The molecule has 1 aromatic heterocycles. The summed E-state index contributed by atoms with van der Waals surface area (Å²) in [5.41, 5.74) is 1.21. The molecule has 0 bridgehead atoms. The van der Waals surface area contributed by atoms with Crippen molar-refractivity contribution < 1.29 is 14.3 Å². The number of aromatic nitrogens is 1. The highest BCUT2D eigenvalue weighted by atomic mass is 32.1. The van der Waals surface area contributed by atoms with Gasteiger partial charge in [-0.15, -0.1) is 11.3 Å². The van der Waals surface area contributed by atoms with Gasteiger partial charge in [0.25, 0.3) is 5.91 Å². The Morgan fingerprint density at radius 3 is 2.93 bits per heavy atom. The van der Waals surface area contributed by atoms with Gasteiger partial charge in [-0.1, -0.05) is 6.07 Å². The fourth-order valence-electron chi connectivity index (χ4n) is 3.21. The minimum Gasteiger partial charge on any atom is -0.497 e. The van der Waals surface area contributed by atoms with E-state index in [9.17, 15) is 9.59 Å². The molecule has 1 saturated carbocycles. The first-order chi connectivity index (χ1) is 13.1. The number of hydrogen-bond acceptors (Lipinski definition) is 6. The number of rotatable bonds is 6. The number of thiazole rings is 1. The van der Waals surface area contributed by atoms with E-state index in [4.69, 9.17) is 4.74 Å². The van der Waals surface area contributed by atoms with Crippen LogP contribution in [0.1, 0.15) is 36.2 Å². The smallest absolute Gasteiger partial charge is 0.274 e. The monoisotopic (exact) mass is 386 g/mol. The maximum Gasteiger partial charge on any atom is 0.274 e. The zero-order valence-electron chi connectivity index (χ0n) is 15.1. The van der Waals surface area contributed by atoms with Crippen LogP contribution in [0.2, 0.25) is 0 Å². The topological polar surface area (TPSA) is 83.6 Å². The standard InChI is InChI=1S/C19H22N4O3S/c1-26-14-5-2-4-13(10-14)21-19-22-15(11-27-19)18(25)23-9-3-6-16(23)17(24)20-12-7-8-12/h2,4-5,10-12,16H,3,6-9H2,1H3,(H,20,24)(H,21,22). The van der Waals surface area contributed by atoms with Crippen molar-refractivity contribution >= 4 is 34.0 Å². The van der Waals surface area contributed by atoms with Crippen LogP contribution in [0.4, 0.5) is 10.8 Å². The number of amides is 2. The van der Waals surface area contributed by atoms with Crippen molar-refractivity contribution in [2.75, 3.05) is 19.0 Å². The number of ether oxygens (including phenoxy) is 1. The molecule has 0 radical (unpaired) electrons. The molecular formula is C19H22N4O3S. The van der Waals surface area contributed by atoms with Crippen LogP contribution in [0.15, 0.2) is 29.6 Å². The van der Waals surface area contributed by atoms with Crippen molar-refractivity contribution in [2.24, 2.45) is 0 Å². The van der Waals surface area contributed by atoms with Gasteiger partial charge in [-0.25, -0.2) is 4.98 Å². The summed E-state index contributed by atoms with van der Waals surface area (Å²) in [7, 11) is 1.62. The van der Waals surface area contributed by atoms with Gasteiger partial charge in [-0.05, 0) is 37.8 Å². The van der Waals surface area contributed by atoms with E-state index in [0.717, 1.165) is 30.7 Å². The summed E-state index contributed by atoms with van der Waals surface area (Å²) < 4.78 is 5.21. The Hall–Kier alpha value is -2.61. The molecule has 2 aromatic rings. The van der Waals surface area contributed by atoms with Gasteiger partial charge in [0, 0.05) is 29.7 Å². The lowest BCUT2D eigenvalue weighted by Gasteiger charge is -2.23. The summed E-state index contributed by atoms with van der Waals surface area (Å²) in [6.45, 7) is 0.595. The quantitative estimate of drug-likeness (QED) is 0.798. The molecule has 1 aromatic carbocycles. The Bertz CT molecular complexity index is 849. The molecule has 27 heavy (non-hydrogen) atoms. The molecule has 8 heteroatoms. The third-order valence-corrected chi connectivity index (χ3v) is 5.54. The summed E-state index contributed by atoms with van der Waals surface area (Å²) in [6, 6.07) is 7.44. The maximum atomic E-state index is 12.9. The van der Waals surface area contributed by atoms with E-state index in [2.05, 4.69) is 15.6 Å². The van der Waals surface area contributed by atoms with Crippen LogP contribution in [0, 0.1) is 0 Å². The lowest BCUT2D eigenvalue weighted by Crippen LogP contribution is -2.46. The maximum absolute atomic E-state index is 12.9. The van der Waals surface area contributed by atoms with Gasteiger partial charge < -0.3 is 20.3 Å². The highest BCUT2D eigenvalue weighted by molar-refractivity contribution is 7.14. The van der Waals surface area contributed by atoms with E-state index < -0.39 is 0 Å². The van der Waals surface area contributed by atoms with Gasteiger partial charge in [-0.2, -0.15) is 0 Å². The fourth-order valence-corrected chi connectivity index (χ4v) is 3.91. The van der Waals surface area contributed by atoms with Crippen LogP contribution in [0.5, 0.6) is 5.75 Å². The number of carbonyl (C=O) groups excluding carboxylic acids is 2. The van der Waals surface area contributed by atoms with Crippen molar-refractivity contribution in [3.05, 3.63) is 35.3 Å². The first-order valence-electron chi connectivity index (χ1n) is 9.12. The van der Waals surface area contributed by atoms with Crippen LogP contribution < -0.4 is 15.4 Å². The van der Waals surface area contributed by atoms with E-state index in [1.807, 2.05) is 24.3 Å². The second-order valence-electron chi connectivity index (χ2n) is 6.83. The molecule has 4 rings (SSSR count). The van der Waals surface area contributed by atoms with Crippen LogP contribution in [0.25, 0.3) is 0 Å². The van der Waals surface area contributed by atoms with Gasteiger partial charge in [0.1, 0.15) is 17.5 Å². The highest BCUT2D eigenvalue weighted by Crippen LogP contribution is 2.27. The van der Waals surface area contributed by atoms with E-state index in [-0.39, 0.29) is 17.9 Å². The zero-order chi connectivity index (χ0) is 18.8. The summed E-state index contributed by atoms with van der Waals surface area (Å²) in [4.78, 5) is 31.3. The normalized spacial score (nSPS) is 19.0. The van der Waals surface area contributed by atoms with Crippen LogP contribution >= 0.6 is 11.3 Å². The fraction of sp³-hybridized carbons (Fsp3) is 0.421. The van der Waals surface area contributed by atoms with Crippen molar-refractivity contribution in [3.63, 3.8) is 0 Å². The third-order valence-electron chi connectivity index (χ3n) is 4.78. The summed E-state index contributed by atoms with van der Waals surface area (Å²) in [5.74, 6) is 0.529. The average Bonchev–Trinajstić information content (AvgIpc) is 3.17. The number of methoxy groups -OCH3 is 1. The van der Waals surface area contributed by atoms with Crippen LogP contribution in [0.3, 0.4) is 0 Å². The summed E-state index contributed by atoms with van der Waals surface area (Å²) in [5, 5.41) is 8.56. The van der Waals surface area contributed by atoms with Gasteiger partial charge in [0.2, 0.25) is 5.91 Å². The molecule has 2 fully saturated rings. The largest absolute Gasteiger partial charge is 0.497 e. The van der Waals surface area contributed by atoms with E-state index in [0.29, 0.717) is 29.8 Å². The molecule has 7 nitrogen and oxygen atoms in total. The second kappa shape index (κ2) is 7.56. The first-order valence-corrected chi connectivity index (χ1v) is 10.00. The Kier molecular flexibility index (Phi) is 4.98. The molecule has 1 aliphatic heterocycles. The highest BCUT2D eigenvalue weighted by Gasteiger charge is 2.37. The third kappa shape index (κ3) is 4.05. The van der Waals surface area contributed by atoms with Crippen LogP contribution in [-0.4, -0.2) is 47.4 Å². The Morgan fingerprint density at radius 2 is 2.15 bits per heavy atom. The van der Waals surface area contributed by atoms with Crippen molar-refractivity contribution in [3.8, 4) is 5.75 Å². The van der Waals surface area contributed by atoms with E-state index in [1.165, 1.54) is 11.3 Å². The van der Waals surface area contributed by atoms with Gasteiger partial charge in [-0.3, -0.25) is 9.59 Å². The molecule has 1 atom stereocenters. The average molecular weight is 386 g/mol. The number of anilines is 2. The van der Waals surface area contributed by atoms with E-state index in [1.54, 1.807) is 17.4 Å². The van der Waals surface area contributed by atoms with Gasteiger partial charge in [0.15, 0.2) is 5.13 Å². The molecule has 0 spiro atoms. The number of nitrogens with one attached hydrogen (secondary N) is 2. The number of carbonyl (C=O) groups is 2. The van der Waals surface area contributed by atoms with Crippen molar-refractivity contribution in [2.45, 2.75) is 37.8 Å². The minimum atomic E-state index is -0.380. The number of nitrogens with zero attached hydrogens (tertiary/aromatic N) is 2.